The number of piperidine rings is 1. The number of fused-ring (bicyclic) bond motifs is 1. The topological polar surface area (TPSA) is 78.5 Å². The molecule has 1 aromatic rings. The van der Waals surface area contributed by atoms with Gasteiger partial charge in [0.1, 0.15) is 0 Å². The third kappa shape index (κ3) is 4.64. The normalized spacial score (nSPS) is 21.5. The summed E-state index contributed by atoms with van der Waals surface area (Å²) in [6, 6.07) is 5.17. The van der Waals surface area contributed by atoms with Gasteiger partial charge >= 0.3 is 0 Å². The molecule has 0 aromatic heterocycles. The molecule has 1 atom stereocenters. The zero-order chi connectivity index (χ0) is 18.7. The van der Waals surface area contributed by atoms with Gasteiger partial charge in [-0.15, -0.1) is 0 Å². The molecule has 1 aliphatic carbocycles. The minimum Gasteiger partial charge on any atom is -0.350 e. The molecule has 0 unspecified atom stereocenters. The minimum absolute atomic E-state index is 0.0898. The molecule has 0 radical (unpaired) electrons. The molecule has 6 nitrogen and oxygen atoms in total. The van der Waals surface area contributed by atoms with Crippen molar-refractivity contribution in [1.82, 2.24) is 14.9 Å². The monoisotopic (exact) mass is 379 g/mol. The summed E-state index contributed by atoms with van der Waals surface area (Å²) in [6.45, 7) is 7.00. The molecular formula is C19H29N3O3S. The number of likely N-dealkylation sites (tertiary alicyclic amines) is 1. The maximum absolute atomic E-state index is 12.6. The molecule has 2 aliphatic rings. The van der Waals surface area contributed by atoms with Crippen LogP contribution in [0.2, 0.25) is 0 Å². The summed E-state index contributed by atoms with van der Waals surface area (Å²) in [4.78, 5) is 14.0. The largest absolute Gasteiger partial charge is 0.350 e. The first kappa shape index (κ1) is 19.3. The van der Waals surface area contributed by atoms with Gasteiger partial charge in [0.15, 0.2) is 0 Å². The van der Waals surface area contributed by atoms with E-state index < -0.39 is 10.0 Å². The molecule has 0 saturated carbocycles. The summed E-state index contributed by atoms with van der Waals surface area (Å²) in [6.07, 6.45) is 4.05. The molecule has 1 heterocycles. The third-order valence-electron chi connectivity index (χ3n) is 5.48. The average molecular weight is 380 g/mol. The number of hydrogen-bond acceptors (Lipinski definition) is 4. The minimum atomic E-state index is -3.53. The lowest BCUT2D eigenvalue weighted by atomic mass is 9.99. The first-order valence-corrected chi connectivity index (χ1v) is 11.0. The maximum Gasteiger partial charge on any atom is 0.240 e. The van der Waals surface area contributed by atoms with Crippen LogP contribution in [0.5, 0.6) is 0 Å². The van der Waals surface area contributed by atoms with Crippen LogP contribution in [0.4, 0.5) is 0 Å². The molecule has 1 amide bonds. The smallest absolute Gasteiger partial charge is 0.240 e. The Labute approximate surface area is 156 Å². The van der Waals surface area contributed by atoms with Crippen LogP contribution in [0.1, 0.15) is 50.3 Å². The van der Waals surface area contributed by atoms with Crippen molar-refractivity contribution in [2.45, 2.75) is 50.5 Å². The van der Waals surface area contributed by atoms with Crippen LogP contribution in [0.25, 0.3) is 0 Å². The van der Waals surface area contributed by atoms with Crippen LogP contribution in [0, 0.1) is 5.92 Å². The Morgan fingerprint density at radius 1 is 1.23 bits per heavy atom. The zero-order valence-corrected chi connectivity index (χ0v) is 16.4. The number of carbonyl (C=O) groups excluding carboxylic acids is 1. The first-order chi connectivity index (χ1) is 12.3. The van der Waals surface area contributed by atoms with E-state index in [1.54, 1.807) is 12.1 Å². The Morgan fingerprint density at radius 3 is 2.65 bits per heavy atom. The Bertz CT molecular complexity index is 755. The number of amides is 1. The Morgan fingerprint density at radius 2 is 1.96 bits per heavy atom. The van der Waals surface area contributed by atoms with E-state index in [-0.39, 0.29) is 16.8 Å². The van der Waals surface area contributed by atoms with Crippen LogP contribution in [0.3, 0.4) is 0 Å². The fraction of sp³-hybridized carbons (Fsp3) is 0.632. The molecule has 7 heteroatoms. The Kier molecular flexibility index (Phi) is 5.99. The molecule has 2 N–H and O–H groups in total. The summed E-state index contributed by atoms with van der Waals surface area (Å²) in [5.74, 6) is 0.677. The van der Waals surface area contributed by atoms with E-state index in [1.807, 2.05) is 6.07 Å². The number of nitrogens with zero attached hydrogens (tertiary/aromatic N) is 1. The van der Waals surface area contributed by atoms with Gasteiger partial charge in [0.25, 0.3) is 0 Å². The highest BCUT2D eigenvalue weighted by Crippen LogP contribution is 2.32. The van der Waals surface area contributed by atoms with Crippen molar-refractivity contribution < 1.29 is 13.2 Å². The second kappa shape index (κ2) is 8.06. The van der Waals surface area contributed by atoms with E-state index in [4.69, 9.17) is 0 Å². The Hall–Kier alpha value is -1.44. The highest BCUT2D eigenvalue weighted by atomic mass is 32.2. The lowest BCUT2D eigenvalue weighted by Gasteiger charge is -2.30. The number of aryl methyl sites for hydroxylation is 1. The van der Waals surface area contributed by atoms with Gasteiger partial charge in [-0.3, -0.25) is 4.79 Å². The van der Waals surface area contributed by atoms with Crippen LogP contribution >= 0.6 is 0 Å². The summed E-state index contributed by atoms with van der Waals surface area (Å²) in [5.41, 5.74) is 2.04. The average Bonchev–Trinajstić information content (AvgIpc) is 2.98. The van der Waals surface area contributed by atoms with E-state index in [2.05, 4.69) is 21.9 Å². The quantitative estimate of drug-likeness (QED) is 0.790. The predicted octanol–water partition coefficient (Wildman–Crippen LogP) is 1.82. The number of carbonyl (C=O) groups is 1. The standard InChI is InChI=1S/C19H29N3O3S/c1-14-7-10-22(11-8-14)12-9-20-26(24,25)17-5-3-16-4-6-19(18(16)13-17)21-15(2)23/h3,5,13-14,19-20H,4,6-12H2,1-2H3,(H,21,23)/t19-/m1/s1. The second-order valence-electron chi connectivity index (χ2n) is 7.57. The van der Waals surface area contributed by atoms with Crippen molar-refractivity contribution in [3.63, 3.8) is 0 Å². The van der Waals surface area contributed by atoms with Gasteiger partial charge in [-0.2, -0.15) is 0 Å². The fourth-order valence-corrected chi connectivity index (χ4v) is 4.91. The van der Waals surface area contributed by atoms with Gasteiger partial charge < -0.3 is 10.2 Å². The summed E-state index contributed by atoms with van der Waals surface area (Å²) in [5, 5.41) is 2.91. The van der Waals surface area contributed by atoms with Crippen LogP contribution in [-0.2, 0) is 21.2 Å². The van der Waals surface area contributed by atoms with E-state index in [0.29, 0.717) is 6.54 Å². The van der Waals surface area contributed by atoms with E-state index in [1.165, 1.54) is 19.8 Å². The third-order valence-corrected chi connectivity index (χ3v) is 6.94. The number of rotatable bonds is 6. The van der Waals surface area contributed by atoms with Crippen molar-refractivity contribution in [1.29, 1.82) is 0 Å². The van der Waals surface area contributed by atoms with Gasteiger partial charge in [0.2, 0.25) is 15.9 Å². The maximum atomic E-state index is 12.6. The molecule has 144 valence electrons. The van der Waals surface area contributed by atoms with E-state index >= 15 is 0 Å². The highest BCUT2D eigenvalue weighted by Gasteiger charge is 2.26. The summed E-state index contributed by atoms with van der Waals surface area (Å²) >= 11 is 0. The van der Waals surface area contributed by atoms with Crippen molar-refractivity contribution >= 4 is 15.9 Å². The predicted molar refractivity (Wildman–Crippen MR) is 101 cm³/mol. The van der Waals surface area contributed by atoms with Crippen molar-refractivity contribution in [2.75, 3.05) is 26.2 Å². The van der Waals surface area contributed by atoms with Crippen molar-refractivity contribution in [3.05, 3.63) is 29.3 Å². The molecule has 1 saturated heterocycles. The number of nitrogens with one attached hydrogen (secondary N) is 2. The van der Waals surface area contributed by atoms with Gasteiger partial charge in [0, 0.05) is 20.0 Å². The van der Waals surface area contributed by atoms with Gasteiger partial charge in [-0.1, -0.05) is 13.0 Å². The lowest BCUT2D eigenvalue weighted by Crippen LogP contribution is -2.39. The van der Waals surface area contributed by atoms with Crippen molar-refractivity contribution in [2.24, 2.45) is 5.92 Å². The molecule has 1 aromatic carbocycles. The number of sulfonamides is 1. The van der Waals surface area contributed by atoms with E-state index in [0.717, 1.165) is 49.5 Å². The molecule has 0 spiro atoms. The highest BCUT2D eigenvalue weighted by molar-refractivity contribution is 7.89. The lowest BCUT2D eigenvalue weighted by molar-refractivity contribution is -0.119. The second-order valence-corrected chi connectivity index (χ2v) is 9.34. The van der Waals surface area contributed by atoms with Gasteiger partial charge in [0.05, 0.1) is 10.9 Å². The van der Waals surface area contributed by atoms with Crippen LogP contribution in [-0.4, -0.2) is 45.4 Å². The number of hydrogen-bond donors (Lipinski definition) is 2. The number of benzene rings is 1. The summed E-state index contributed by atoms with van der Waals surface area (Å²) in [7, 11) is -3.53. The summed E-state index contributed by atoms with van der Waals surface area (Å²) < 4.78 is 28.0. The van der Waals surface area contributed by atoms with Crippen LogP contribution < -0.4 is 10.0 Å². The molecule has 1 fully saturated rings. The fourth-order valence-electron chi connectivity index (χ4n) is 3.85. The molecule has 26 heavy (non-hydrogen) atoms. The van der Waals surface area contributed by atoms with Gasteiger partial charge in [-0.25, -0.2) is 13.1 Å². The van der Waals surface area contributed by atoms with E-state index in [9.17, 15) is 13.2 Å². The zero-order valence-electron chi connectivity index (χ0n) is 15.6. The molecular weight excluding hydrogens is 350 g/mol. The van der Waals surface area contributed by atoms with Crippen molar-refractivity contribution in [3.8, 4) is 0 Å². The van der Waals surface area contributed by atoms with Gasteiger partial charge in [-0.05, 0) is 68.0 Å². The van der Waals surface area contributed by atoms with Crippen LogP contribution in [0.15, 0.2) is 23.1 Å². The molecule has 3 rings (SSSR count). The molecule has 0 bridgehead atoms. The SMILES string of the molecule is CC(=O)N[C@@H]1CCc2ccc(S(=O)(=O)NCCN3CCC(C)CC3)cc21. The first-order valence-electron chi connectivity index (χ1n) is 9.47. The Balaban J connectivity index is 1.61. The molecule has 1 aliphatic heterocycles.